The Morgan fingerprint density at radius 2 is 2.00 bits per heavy atom. The molecule has 1 atom stereocenters. The third-order valence-electron chi connectivity index (χ3n) is 2.20. The Labute approximate surface area is 80.2 Å². The summed E-state index contributed by atoms with van der Waals surface area (Å²) < 4.78 is 0. The van der Waals surface area contributed by atoms with Crippen molar-refractivity contribution in [2.24, 2.45) is 11.5 Å². The predicted molar refractivity (Wildman–Crippen MR) is 55.1 cm³/mol. The molecule has 0 aromatic rings. The Hall–Kier alpha value is -0.830. The SMILES string of the molecule is CCCCC(=C(C)C(N)=O)C(C)N. The minimum absolute atomic E-state index is 0.0703. The van der Waals surface area contributed by atoms with E-state index in [9.17, 15) is 4.79 Å². The molecule has 3 nitrogen and oxygen atoms in total. The smallest absolute Gasteiger partial charge is 0.244 e. The maximum absolute atomic E-state index is 10.9. The zero-order valence-corrected chi connectivity index (χ0v) is 8.76. The highest BCUT2D eigenvalue weighted by Gasteiger charge is 2.10. The Balaban J connectivity index is 4.57. The van der Waals surface area contributed by atoms with E-state index in [0.29, 0.717) is 5.57 Å². The van der Waals surface area contributed by atoms with Crippen molar-refractivity contribution in [3.63, 3.8) is 0 Å². The lowest BCUT2D eigenvalue weighted by Crippen LogP contribution is -2.24. The number of primary amides is 1. The van der Waals surface area contributed by atoms with Gasteiger partial charge in [0.1, 0.15) is 0 Å². The molecule has 13 heavy (non-hydrogen) atoms. The van der Waals surface area contributed by atoms with Gasteiger partial charge in [-0.15, -0.1) is 0 Å². The van der Waals surface area contributed by atoms with E-state index in [2.05, 4.69) is 6.92 Å². The average molecular weight is 184 g/mol. The largest absolute Gasteiger partial charge is 0.366 e. The molecule has 0 saturated heterocycles. The van der Waals surface area contributed by atoms with Crippen molar-refractivity contribution in [1.82, 2.24) is 0 Å². The van der Waals surface area contributed by atoms with Gasteiger partial charge in [-0.05, 0) is 32.3 Å². The molecule has 0 heterocycles. The molecule has 0 aromatic heterocycles. The quantitative estimate of drug-likeness (QED) is 0.633. The Bertz CT molecular complexity index is 207. The van der Waals surface area contributed by atoms with E-state index in [1.807, 2.05) is 6.92 Å². The maximum Gasteiger partial charge on any atom is 0.244 e. The van der Waals surface area contributed by atoms with Crippen LogP contribution < -0.4 is 11.5 Å². The lowest BCUT2D eigenvalue weighted by atomic mass is 9.97. The normalized spacial score (nSPS) is 15.1. The molecule has 76 valence electrons. The van der Waals surface area contributed by atoms with Gasteiger partial charge in [0.25, 0.3) is 0 Å². The van der Waals surface area contributed by atoms with E-state index in [4.69, 9.17) is 11.5 Å². The molecular weight excluding hydrogens is 164 g/mol. The third-order valence-corrected chi connectivity index (χ3v) is 2.20. The summed E-state index contributed by atoms with van der Waals surface area (Å²) in [6, 6.07) is -0.0703. The van der Waals surface area contributed by atoms with Gasteiger partial charge in [-0.1, -0.05) is 13.3 Å². The van der Waals surface area contributed by atoms with E-state index in [0.717, 1.165) is 24.8 Å². The highest BCUT2D eigenvalue weighted by molar-refractivity contribution is 5.92. The predicted octanol–water partition coefficient (Wildman–Crippen LogP) is 1.33. The van der Waals surface area contributed by atoms with Crippen molar-refractivity contribution in [3.8, 4) is 0 Å². The van der Waals surface area contributed by atoms with E-state index < -0.39 is 0 Å². The van der Waals surface area contributed by atoms with Crippen molar-refractivity contribution in [2.45, 2.75) is 46.1 Å². The highest BCUT2D eigenvalue weighted by Crippen LogP contribution is 2.15. The number of unbranched alkanes of at least 4 members (excludes halogenated alkanes) is 1. The van der Waals surface area contributed by atoms with E-state index in [-0.39, 0.29) is 11.9 Å². The van der Waals surface area contributed by atoms with E-state index in [1.165, 1.54) is 0 Å². The van der Waals surface area contributed by atoms with Gasteiger partial charge in [0, 0.05) is 11.6 Å². The van der Waals surface area contributed by atoms with Crippen molar-refractivity contribution in [1.29, 1.82) is 0 Å². The van der Waals surface area contributed by atoms with Crippen LogP contribution in [0.3, 0.4) is 0 Å². The first-order valence-electron chi connectivity index (χ1n) is 4.75. The van der Waals surface area contributed by atoms with Crippen LogP contribution in [0, 0.1) is 0 Å². The monoisotopic (exact) mass is 184 g/mol. The first-order chi connectivity index (χ1) is 6.00. The van der Waals surface area contributed by atoms with Crippen LogP contribution in [0.5, 0.6) is 0 Å². The third kappa shape index (κ3) is 4.08. The molecule has 4 N–H and O–H groups in total. The van der Waals surface area contributed by atoms with Crippen LogP contribution in [0.15, 0.2) is 11.1 Å². The topological polar surface area (TPSA) is 69.1 Å². The van der Waals surface area contributed by atoms with Crippen molar-refractivity contribution >= 4 is 5.91 Å². The lowest BCUT2D eigenvalue weighted by molar-refractivity contribution is -0.114. The van der Waals surface area contributed by atoms with Crippen LogP contribution >= 0.6 is 0 Å². The maximum atomic E-state index is 10.9. The molecule has 0 aromatic carbocycles. The van der Waals surface area contributed by atoms with Gasteiger partial charge in [-0.3, -0.25) is 4.79 Å². The van der Waals surface area contributed by atoms with Gasteiger partial charge in [0.2, 0.25) is 5.91 Å². The molecule has 0 aliphatic carbocycles. The van der Waals surface area contributed by atoms with Crippen LogP contribution in [-0.4, -0.2) is 11.9 Å². The number of rotatable bonds is 5. The molecule has 3 heteroatoms. The van der Waals surface area contributed by atoms with Gasteiger partial charge >= 0.3 is 0 Å². The summed E-state index contributed by atoms with van der Waals surface area (Å²) in [6.07, 6.45) is 3.03. The molecule has 0 spiro atoms. The molecule has 0 rings (SSSR count). The van der Waals surface area contributed by atoms with Gasteiger partial charge in [-0.2, -0.15) is 0 Å². The zero-order valence-electron chi connectivity index (χ0n) is 8.76. The summed E-state index contributed by atoms with van der Waals surface area (Å²) in [6.45, 7) is 5.74. The fourth-order valence-electron chi connectivity index (χ4n) is 1.28. The van der Waals surface area contributed by atoms with Crippen LogP contribution in [0.25, 0.3) is 0 Å². The van der Waals surface area contributed by atoms with Gasteiger partial charge in [-0.25, -0.2) is 0 Å². The molecule has 1 unspecified atom stereocenters. The average Bonchev–Trinajstić information content (AvgIpc) is 2.04. The fourth-order valence-corrected chi connectivity index (χ4v) is 1.28. The van der Waals surface area contributed by atoms with Crippen molar-refractivity contribution in [2.75, 3.05) is 0 Å². The van der Waals surface area contributed by atoms with Crippen molar-refractivity contribution in [3.05, 3.63) is 11.1 Å². The number of hydrogen-bond donors (Lipinski definition) is 2. The zero-order chi connectivity index (χ0) is 10.4. The number of carbonyl (C=O) groups excluding carboxylic acids is 1. The second-order valence-corrected chi connectivity index (χ2v) is 3.41. The molecular formula is C10H20N2O. The molecule has 0 aliphatic heterocycles. The van der Waals surface area contributed by atoms with Gasteiger partial charge in [0.05, 0.1) is 0 Å². The summed E-state index contributed by atoms with van der Waals surface area (Å²) in [7, 11) is 0. The molecule has 0 fully saturated rings. The van der Waals surface area contributed by atoms with Crippen LogP contribution in [0.4, 0.5) is 0 Å². The van der Waals surface area contributed by atoms with Crippen molar-refractivity contribution < 1.29 is 4.79 Å². The Morgan fingerprint density at radius 3 is 2.31 bits per heavy atom. The minimum atomic E-state index is -0.358. The van der Waals surface area contributed by atoms with Crippen LogP contribution in [-0.2, 0) is 4.79 Å². The Kier molecular flexibility index (Phi) is 5.39. The summed E-state index contributed by atoms with van der Waals surface area (Å²) in [5.74, 6) is -0.358. The first kappa shape index (κ1) is 12.2. The molecule has 0 saturated carbocycles. The van der Waals surface area contributed by atoms with E-state index >= 15 is 0 Å². The second kappa shape index (κ2) is 5.75. The number of amides is 1. The molecule has 1 amide bonds. The van der Waals surface area contributed by atoms with Crippen LogP contribution in [0.1, 0.15) is 40.0 Å². The number of carbonyl (C=O) groups is 1. The van der Waals surface area contributed by atoms with Crippen LogP contribution in [0.2, 0.25) is 0 Å². The van der Waals surface area contributed by atoms with Gasteiger partial charge < -0.3 is 11.5 Å². The first-order valence-corrected chi connectivity index (χ1v) is 4.75. The number of hydrogen-bond acceptors (Lipinski definition) is 2. The second-order valence-electron chi connectivity index (χ2n) is 3.41. The number of nitrogens with two attached hydrogens (primary N) is 2. The summed E-state index contributed by atoms with van der Waals surface area (Å²) in [4.78, 5) is 10.9. The molecule has 0 bridgehead atoms. The van der Waals surface area contributed by atoms with E-state index in [1.54, 1.807) is 6.92 Å². The highest BCUT2D eigenvalue weighted by atomic mass is 16.1. The minimum Gasteiger partial charge on any atom is -0.366 e. The van der Waals surface area contributed by atoms with Gasteiger partial charge in [0.15, 0.2) is 0 Å². The standard InChI is InChI=1S/C10H20N2O/c1-4-5-6-9(8(3)11)7(2)10(12)13/h8H,4-6,11H2,1-3H3,(H2,12,13). The summed E-state index contributed by atoms with van der Waals surface area (Å²) in [5.41, 5.74) is 12.6. The Morgan fingerprint density at radius 1 is 1.46 bits per heavy atom. The molecule has 0 aliphatic rings. The summed E-state index contributed by atoms with van der Waals surface area (Å²) >= 11 is 0. The summed E-state index contributed by atoms with van der Waals surface area (Å²) in [5, 5.41) is 0. The lowest BCUT2D eigenvalue weighted by Gasteiger charge is -2.13. The fraction of sp³-hybridized carbons (Fsp3) is 0.700. The molecule has 0 radical (unpaired) electrons.